The molecule has 0 heterocycles. The van der Waals surface area contributed by atoms with Gasteiger partial charge in [-0.15, -0.1) is 0 Å². The van der Waals surface area contributed by atoms with Crippen molar-refractivity contribution in [1.29, 1.82) is 0 Å². The van der Waals surface area contributed by atoms with Gasteiger partial charge in [-0.1, -0.05) is 18.7 Å². The first kappa shape index (κ1) is 26.7. The van der Waals surface area contributed by atoms with Crippen molar-refractivity contribution in [1.82, 2.24) is 5.32 Å². The summed E-state index contributed by atoms with van der Waals surface area (Å²) in [6, 6.07) is 4.70. The van der Waals surface area contributed by atoms with E-state index < -0.39 is 47.9 Å². The molecule has 0 unspecified atom stereocenters. The molecule has 0 bridgehead atoms. The Kier molecular flexibility index (Phi) is 8.99. The summed E-state index contributed by atoms with van der Waals surface area (Å²) in [6.45, 7) is 13.5. The van der Waals surface area contributed by atoms with E-state index in [9.17, 15) is 19.2 Å². The molecule has 0 aromatic heterocycles. The third-order valence-corrected chi connectivity index (χ3v) is 3.67. The maximum atomic E-state index is 12.3. The van der Waals surface area contributed by atoms with E-state index in [4.69, 9.17) is 14.2 Å². The van der Waals surface area contributed by atoms with Gasteiger partial charge in [0.05, 0.1) is 18.2 Å². The first-order valence-corrected chi connectivity index (χ1v) is 9.90. The number of hydrogen-bond donors (Lipinski definition) is 1. The van der Waals surface area contributed by atoms with Crippen molar-refractivity contribution in [2.24, 2.45) is 0 Å². The van der Waals surface area contributed by atoms with Crippen LogP contribution in [0.4, 0.5) is 4.79 Å². The molecule has 9 nitrogen and oxygen atoms in total. The van der Waals surface area contributed by atoms with Gasteiger partial charge >= 0.3 is 24.0 Å². The predicted molar refractivity (Wildman–Crippen MR) is 117 cm³/mol. The van der Waals surface area contributed by atoms with Crippen LogP contribution in [-0.2, 0) is 28.5 Å². The standard InChI is InChI=1S/C23H31NO8/c1-14(18(25)31-22(2,3)4)15-9-11-16(12-10-15)19(26)30-13-17(20(27)29-8)24-21(28)32-23(5,6)7/h9-12,17H,1,13H2,2-8H3,(H,24,28)/t17-/m0/s1. The Labute approximate surface area is 188 Å². The van der Waals surface area contributed by atoms with Gasteiger partial charge in [0.2, 0.25) is 0 Å². The highest BCUT2D eigenvalue weighted by Gasteiger charge is 2.27. The van der Waals surface area contributed by atoms with E-state index in [1.54, 1.807) is 41.5 Å². The lowest BCUT2D eigenvalue weighted by Gasteiger charge is -2.22. The Morgan fingerprint density at radius 2 is 1.41 bits per heavy atom. The number of carbonyl (C=O) groups is 4. The van der Waals surface area contributed by atoms with E-state index in [0.29, 0.717) is 5.56 Å². The zero-order chi connectivity index (χ0) is 24.7. The molecular weight excluding hydrogens is 418 g/mol. The molecular formula is C23H31NO8. The van der Waals surface area contributed by atoms with Gasteiger partial charge in [-0.3, -0.25) is 0 Å². The van der Waals surface area contributed by atoms with Crippen LogP contribution in [0.5, 0.6) is 0 Å². The molecule has 9 heteroatoms. The molecule has 0 aliphatic heterocycles. The maximum Gasteiger partial charge on any atom is 0.408 e. The fraction of sp³-hybridized carbons (Fsp3) is 0.478. The number of hydrogen-bond acceptors (Lipinski definition) is 8. The minimum Gasteiger partial charge on any atom is -0.467 e. The van der Waals surface area contributed by atoms with Gasteiger partial charge in [0.1, 0.15) is 17.8 Å². The lowest BCUT2D eigenvalue weighted by molar-refractivity contribution is -0.147. The third kappa shape index (κ3) is 9.20. The largest absolute Gasteiger partial charge is 0.467 e. The van der Waals surface area contributed by atoms with Gasteiger partial charge in [0.25, 0.3) is 0 Å². The van der Waals surface area contributed by atoms with Crippen LogP contribution in [0, 0.1) is 0 Å². The van der Waals surface area contributed by atoms with E-state index in [2.05, 4.69) is 16.6 Å². The highest BCUT2D eigenvalue weighted by molar-refractivity contribution is 6.15. The minimum absolute atomic E-state index is 0.146. The van der Waals surface area contributed by atoms with Crippen LogP contribution >= 0.6 is 0 Å². The Morgan fingerprint density at radius 3 is 1.88 bits per heavy atom. The fourth-order valence-corrected chi connectivity index (χ4v) is 2.27. The number of ether oxygens (including phenoxy) is 4. The van der Waals surface area contributed by atoms with E-state index in [0.717, 1.165) is 7.11 Å². The highest BCUT2D eigenvalue weighted by atomic mass is 16.6. The Balaban J connectivity index is 2.77. The SMILES string of the molecule is C=C(C(=O)OC(C)(C)C)c1ccc(C(=O)OC[C@H](NC(=O)OC(C)(C)C)C(=O)OC)cc1. The smallest absolute Gasteiger partial charge is 0.408 e. The average Bonchev–Trinajstić information content (AvgIpc) is 2.67. The number of carbonyl (C=O) groups excluding carboxylic acids is 4. The van der Waals surface area contributed by atoms with Gasteiger partial charge < -0.3 is 24.3 Å². The second-order valence-electron chi connectivity index (χ2n) is 8.88. The molecule has 1 aromatic rings. The fourth-order valence-electron chi connectivity index (χ4n) is 2.27. The molecule has 0 saturated heterocycles. The van der Waals surface area contributed by atoms with Crippen LogP contribution in [-0.4, -0.2) is 55.0 Å². The molecule has 1 amide bonds. The summed E-state index contributed by atoms with van der Waals surface area (Å²) < 4.78 is 20.1. The van der Waals surface area contributed by atoms with Crippen LogP contribution in [0.2, 0.25) is 0 Å². The van der Waals surface area contributed by atoms with Crippen molar-refractivity contribution in [3.63, 3.8) is 0 Å². The van der Waals surface area contributed by atoms with Crippen LogP contribution in [0.25, 0.3) is 5.57 Å². The summed E-state index contributed by atoms with van der Waals surface area (Å²) in [6.07, 6.45) is -0.853. The van der Waals surface area contributed by atoms with Gasteiger partial charge in [0, 0.05) is 0 Å². The molecule has 0 radical (unpaired) electrons. The number of alkyl carbamates (subject to hydrolysis) is 1. The monoisotopic (exact) mass is 449 g/mol. The molecule has 0 aliphatic rings. The summed E-state index contributed by atoms with van der Waals surface area (Å²) >= 11 is 0. The van der Waals surface area contributed by atoms with E-state index in [-0.39, 0.29) is 11.1 Å². The molecule has 0 spiro atoms. The predicted octanol–water partition coefficient (Wildman–Crippen LogP) is 3.26. The van der Waals surface area contributed by atoms with E-state index >= 15 is 0 Å². The molecule has 1 atom stereocenters. The van der Waals surface area contributed by atoms with Crippen molar-refractivity contribution >= 4 is 29.6 Å². The zero-order valence-corrected chi connectivity index (χ0v) is 19.6. The number of rotatable bonds is 7. The number of methoxy groups -OCH3 is 1. The molecule has 0 fully saturated rings. The molecule has 1 rings (SSSR count). The lowest BCUT2D eigenvalue weighted by Crippen LogP contribution is -2.47. The molecule has 0 aliphatic carbocycles. The van der Waals surface area contributed by atoms with Crippen molar-refractivity contribution in [2.45, 2.75) is 58.8 Å². The molecule has 1 N–H and O–H groups in total. The third-order valence-electron chi connectivity index (χ3n) is 3.67. The quantitative estimate of drug-likeness (QED) is 0.383. The number of esters is 3. The lowest BCUT2D eigenvalue weighted by atomic mass is 10.1. The summed E-state index contributed by atoms with van der Waals surface area (Å²) in [4.78, 5) is 48.3. The van der Waals surface area contributed by atoms with Crippen LogP contribution in [0.3, 0.4) is 0 Å². The topological polar surface area (TPSA) is 117 Å². The minimum atomic E-state index is -1.25. The molecule has 176 valence electrons. The van der Waals surface area contributed by atoms with E-state index in [1.165, 1.54) is 24.3 Å². The summed E-state index contributed by atoms with van der Waals surface area (Å²) in [5, 5.41) is 2.31. The second-order valence-corrected chi connectivity index (χ2v) is 8.88. The van der Waals surface area contributed by atoms with Gasteiger partial charge in [-0.25, -0.2) is 19.2 Å². The van der Waals surface area contributed by atoms with Crippen LogP contribution in [0.1, 0.15) is 57.5 Å². The van der Waals surface area contributed by atoms with Gasteiger partial charge in [-0.2, -0.15) is 0 Å². The second kappa shape index (κ2) is 10.8. The van der Waals surface area contributed by atoms with Crippen molar-refractivity contribution in [3.05, 3.63) is 42.0 Å². The van der Waals surface area contributed by atoms with Crippen molar-refractivity contribution in [2.75, 3.05) is 13.7 Å². The molecule has 32 heavy (non-hydrogen) atoms. The Bertz CT molecular complexity index is 859. The van der Waals surface area contributed by atoms with Crippen LogP contribution < -0.4 is 5.32 Å². The van der Waals surface area contributed by atoms with Gasteiger partial charge in [-0.05, 0) is 59.2 Å². The van der Waals surface area contributed by atoms with E-state index in [1.807, 2.05) is 0 Å². The number of nitrogens with one attached hydrogen (secondary N) is 1. The number of amides is 1. The summed E-state index contributed by atoms with van der Waals surface area (Å²) in [7, 11) is 1.14. The first-order valence-electron chi connectivity index (χ1n) is 9.90. The van der Waals surface area contributed by atoms with Crippen molar-refractivity contribution in [3.8, 4) is 0 Å². The van der Waals surface area contributed by atoms with Crippen LogP contribution in [0.15, 0.2) is 30.8 Å². The average molecular weight is 450 g/mol. The first-order chi connectivity index (χ1) is 14.6. The van der Waals surface area contributed by atoms with Crippen molar-refractivity contribution < 1.29 is 38.1 Å². The van der Waals surface area contributed by atoms with Gasteiger partial charge in [0.15, 0.2) is 6.04 Å². The normalized spacial score (nSPS) is 12.2. The molecule has 1 aromatic carbocycles. The number of benzene rings is 1. The highest BCUT2D eigenvalue weighted by Crippen LogP contribution is 2.19. The Hall–Kier alpha value is -3.36. The summed E-state index contributed by atoms with van der Waals surface area (Å²) in [5.74, 6) is -2.10. The Morgan fingerprint density at radius 1 is 0.906 bits per heavy atom. The maximum absolute atomic E-state index is 12.3. The summed E-state index contributed by atoms with van der Waals surface area (Å²) in [5.41, 5.74) is -0.631. The molecule has 0 saturated carbocycles. The zero-order valence-electron chi connectivity index (χ0n) is 19.6.